The van der Waals surface area contributed by atoms with Crippen molar-refractivity contribution in [2.75, 3.05) is 26.3 Å². The summed E-state index contributed by atoms with van der Waals surface area (Å²) in [6, 6.07) is 5.42. The fourth-order valence-corrected chi connectivity index (χ4v) is 2.05. The van der Waals surface area contributed by atoms with Crippen molar-refractivity contribution in [1.82, 2.24) is 9.88 Å². The molecule has 17 heavy (non-hydrogen) atoms. The van der Waals surface area contributed by atoms with E-state index in [1.165, 1.54) is 0 Å². The molecule has 0 spiro atoms. The van der Waals surface area contributed by atoms with E-state index in [0.29, 0.717) is 18.2 Å². The molecule has 4 nitrogen and oxygen atoms in total. The average Bonchev–Trinajstić information content (AvgIpc) is 2.89. The van der Waals surface area contributed by atoms with Crippen LogP contribution in [0.3, 0.4) is 0 Å². The molecule has 1 aliphatic heterocycles. The maximum Gasteiger partial charge on any atom is 0.272 e. The number of hydrogen-bond acceptors (Lipinski definition) is 3. The molecule has 1 aromatic rings. The minimum atomic E-state index is 0.0139. The molecule has 1 fully saturated rings. The first kappa shape index (κ1) is 12.0. The average molecular weight is 234 g/mol. The molecular weight excluding hydrogens is 216 g/mol. The second kappa shape index (κ2) is 5.77. The van der Waals surface area contributed by atoms with Crippen molar-refractivity contribution in [3.05, 3.63) is 30.1 Å². The van der Waals surface area contributed by atoms with Gasteiger partial charge in [0.1, 0.15) is 5.69 Å². The molecule has 92 valence electrons. The number of nitrogens with zero attached hydrogens (tertiary/aromatic N) is 2. The van der Waals surface area contributed by atoms with Crippen LogP contribution in [0.15, 0.2) is 24.4 Å². The number of rotatable bonds is 4. The highest BCUT2D eigenvalue weighted by Gasteiger charge is 2.22. The molecular formula is C13H18N2O2. The first-order valence-corrected chi connectivity index (χ1v) is 6.09. The maximum absolute atomic E-state index is 12.2. The molecule has 1 aliphatic rings. The smallest absolute Gasteiger partial charge is 0.272 e. The molecule has 4 heteroatoms. The van der Waals surface area contributed by atoms with Crippen LogP contribution in [0.4, 0.5) is 0 Å². The summed E-state index contributed by atoms with van der Waals surface area (Å²) in [4.78, 5) is 18.1. The van der Waals surface area contributed by atoms with Gasteiger partial charge in [-0.05, 0) is 25.5 Å². The molecule has 0 aliphatic carbocycles. The fraction of sp³-hybridized carbons (Fsp3) is 0.538. The molecule has 1 saturated heterocycles. The molecule has 1 amide bonds. The van der Waals surface area contributed by atoms with Crippen LogP contribution in [0.1, 0.15) is 23.8 Å². The van der Waals surface area contributed by atoms with Crippen molar-refractivity contribution >= 4 is 5.91 Å². The Kier molecular flexibility index (Phi) is 4.09. The van der Waals surface area contributed by atoms with Gasteiger partial charge in [-0.2, -0.15) is 0 Å². The monoisotopic (exact) mass is 234 g/mol. The molecule has 0 radical (unpaired) electrons. The Hall–Kier alpha value is -1.42. The van der Waals surface area contributed by atoms with Gasteiger partial charge in [-0.1, -0.05) is 6.07 Å². The van der Waals surface area contributed by atoms with Crippen molar-refractivity contribution < 1.29 is 9.53 Å². The van der Waals surface area contributed by atoms with Crippen LogP contribution in [-0.2, 0) is 4.74 Å². The van der Waals surface area contributed by atoms with Gasteiger partial charge < -0.3 is 9.64 Å². The Balaban J connectivity index is 2.00. The van der Waals surface area contributed by atoms with Crippen LogP contribution in [0, 0.1) is 5.92 Å². The summed E-state index contributed by atoms with van der Waals surface area (Å²) in [6.45, 7) is 5.07. The Labute approximate surface area is 102 Å². The van der Waals surface area contributed by atoms with E-state index in [-0.39, 0.29) is 5.91 Å². The summed E-state index contributed by atoms with van der Waals surface area (Å²) >= 11 is 0. The van der Waals surface area contributed by atoms with E-state index in [4.69, 9.17) is 4.74 Å². The molecule has 0 bridgehead atoms. The number of pyridine rings is 1. The molecule has 1 atom stereocenters. The van der Waals surface area contributed by atoms with E-state index in [2.05, 4.69) is 4.98 Å². The predicted octanol–water partition coefficient (Wildman–Crippen LogP) is 1.58. The SMILES string of the molecule is CCN(CC1CCOC1)C(=O)c1ccccn1. The lowest BCUT2D eigenvalue weighted by molar-refractivity contribution is 0.0725. The van der Waals surface area contributed by atoms with Crippen molar-refractivity contribution in [2.24, 2.45) is 5.92 Å². The summed E-state index contributed by atoms with van der Waals surface area (Å²) in [5.74, 6) is 0.489. The van der Waals surface area contributed by atoms with Crippen LogP contribution >= 0.6 is 0 Å². The lowest BCUT2D eigenvalue weighted by Gasteiger charge is -2.23. The summed E-state index contributed by atoms with van der Waals surface area (Å²) in [7, 11) is 0. The van der Waals surface area contributed by atoms with Crippen molar-refractivity contribution in [2.45, 2.75) is 13.3 Å². The fourth-order valence-electron chi connectivity index (χ4n) is 2.05. The van der Waals surface area contributed by atoms with Gasteiger partial charge in [0.2, 0.25) is 0 Å². The minimum Gasteiger partial charge on any atom is -0.381 e. The highest BCUT2D eigenvalue weighted by molar-refractivity contribution is 5.92. The van der Waals surface area contributed by atoms with Crippen molar-refractivity contribution in [3.63, 3.8) is 0 Å². The largest absolute Gasteiger partial charge is 0.381 e. The second-order valence-electron chi connectivity index (χ2n) is 4.29. The van der Waals surface area contributed by atoms with E-state index >= 15 is 0 Å². The lowest BCUT2D eigenvalue weighted by atomic mass is 10.1. The zero-order valence-corrected chi connectivity index (χ0v) is 10.1. The summed E-state index contributed by atoms with van der Waals surface area (Å²) < 4.78 is 5.33. The van der Waals surface area contributed by atoms with E-state index in [1.807, 2.05) is 24.0 Å². The highest BCUT2D eigenvalue weighted by atomic mass is 16.5. The van der Waals surface area contributed by atoms with Crippen LogP contribution in [-0.4, -0.2) is 42.1 Å². The zero-order chi connectivity index (χ0) is 12.1. The molecule has 0 N–H and O–H groups in total. The normalized spacial score (nSPS) is 19.2. The third kappa shape index (κ3) is 3.03. The van der Waals surface area contributed by atoms with E-state index in [9.17, 15) is 4.79 Å². The third-order valence-corrected chi connectivity index (χ3v) is 3.06. The topological polar surface area (TPSA) is 42.4 Å². The van der Waals surface area contributed by atoms with Crippen LogP contribution in [0.25, 0.3) is 0 Å². The zero-order valence-electron chi connectivity index (χ0n) is 10.1. The first-order chi connectivity index (χ1) is 8.31. The Morgan fingerprint density at radius 1 is 1.59 bits per heavy atom. The number of carbonyl (C=O) groups excluding carboxylic acids is 1. The lowest BCUT2D eigenvalue weighted by Crippen LogP contribution is -2.35. The van der Waals surface area contributed by atoms with E-state index in [0.717, 1.165) is 26.2 Å². The molecule has 1 aromatic heterocycles. The van der Waals surface area contributed by atoms with Gasteiger partial charge in [0.25, 0.3) is 5.91 Å². The number of carbonyl (C=O) groups is 1. The Morgan fingerprint density at radius 3 is 3.06 bits per heavy atom. The molecule has 2 rings (SSSR count). The summed E-state index contributed by atoms with van der Waals surface area (Å²) in [5, 5.41) is 0. The molecule has 0 aromatic carbocycles. The summed E-state index contributed by atoms with van der Waals surface area (Å²) in [5.41, 5.74) is 0.522. The Morgan fingerprint density at radius 2 is 2.47 bits per heavy atom. The maximum atomic E-state index is 12.2. The first-order valence-electron chi connectivity index (χ1n) is 6.09. The number of amides is 1. The second-order valence-corrected chi connectivity index (χ2v) is 4.29. The third-order valence-electron chi connectivity index (χ3n) is 3.06. The van der Waals surface area contributed by atoms with E-state index in [1.54, 1.807) is 12.3 Å². The van der Waals surface area contributed by atoms with Crippen LogP contribution < -0.4 is 0 Å². The van der Waals surface area contributed by atoms with Gasteiger partial charge in [0.15, 0.2) is 0 Å². The number of aromatic nitrogens is 1. The standard InChI is InChI=1S/C13H18N2O2/c1-2-15(9-11-6-8-17-10-11)13(16)12-5-3-4-7-14-12/h3-5,7,11H,2,6,8-10H2,1H3. The summed E-state index contributed by atoms with van der Waals surface area (Å²) in [6.07, 6.45) is 2.70. The Bertz CT molecular complexity index is 361. The van der Waals surface area contributed by atoms with Crippen molar-refractivity contribution in [1.29, 1.82) is 0 Å². The molecule has 0 saturated carbocycles. The van der Waals surface area contributed by atoms with Crippen molar-refractivity contribution in [3.8, 4) is 0 Å². The van der Waals surface area contributed by atoms with Gasteiger partial charge >= 0.3 is 0 Å². The van der Waals surface area contributed by atoms with Gasteiger partial charge in [0.05, 0.1) is 6.61 Å². The van der Waals surface area contributed by atoms with Gasteiger partial charge in [-0.3, -0.25) is 9.78 Å². The van der Waals surface area contributed by atoms with Gasteiger partial charge in [-0.15, -0.1) is 0 Å². The van der Waals surface area contributed by atoms with Crippen LogP contribution in [0.2, 0.25) is 0 Å². The molecule has 1 unspecified atom stereocenters. The predicted molar refractivity (Wildman–Crippen MR) is 64.7 cm³/mol. The van der Waals surface area contributed by atoms with Gasteiger partial charge in [-0.25, -0.2) is 0 Å². The van der Waals surface area contributed by atoms with Crippen LogP contribution in [0.5, 0.6) is 0 Å². The number of hydrogen-bond donors (Lipinski definition) is 0. The number of ether oxygens (including phenoxy) is 1. The van der Waals surface area contributed by atoms with E-state index < -0.39 is 0 Å². The quantitative estimate of drug-likeness (QED) is 0.794. The minimum absolute atomic E-state index is 0.0139. The highest BCUT2D eigenvalue weighted by Crippen LogP contribution is 2.15. The molecule has 2 heterocycles. The van der Waals surface area contributed by atoms with Gasteiger partial charge in [0, 0.05) is 31.8 Å².